The average molecular weight is 360 g/mol. The van der Waals surface area contributed by atoms with Crippen LogP contribution in [0.2, 0.25) is 10.0 Å². The van der Waals surface area contributed by atoms with Crippen LogP contribution >= 0.6 is 39.1 Å². The van der Waals surface area contributed by atoms with Gasteiger partial charge in [0.15, 0.2) is 0 Å². The molecule has 2 rings (SSSR count). The van der Waals surface area contributed by atoms with Gasteiger partial charge in [-0.2, -0.15) is 0 Å². The minimum atomic E-state index is 0.363. The molecule has 0 aliphatic heterocycles. The Labute approximate surface area is 131 Å². The average Bonchev–Trinajstić information content (AvgIpc) is 2.39. The smallest absolute Gasteiger partial charge is 0.123 e. The summed E-state index contributed by atoms with van der Waals surface area (Å²) in [5.74, 6) is 0.846. The highest BCUT2D eigenvalue weighted by atomic mass is 79.9. The molecule has 2 aromatic carbocycles. The number of ether oxygens (including phenoxy) is 1. The normalized spacial score (nSPS) is 10.5. The molecule has 0 fully saturated rings. The van der Waals surface area contributed by atoms with Crippen molar-refractivity contribution in [1.29, 1.82) is 0 Å². The Kier molecular flexibility index (Phi) is 5.14. The highest BCUT2D eigenvalue weighted by Gasteiger charge is 2.08. The number of halogens is 3. The molecule has 0 unspecified atom stereocenters. The van der Waals surface area contributed by atoms with E-state index >= 15 is 0 Å². The van der Waals surface area contributed by atoms with Gasteiger partial charge in [-0.1, -0.05) is 62.9 Å². The molecular formula is C15H13BrCl2O. The minimum absolute atomic E-state index is 0.363. The van der Waals surface area contributed by atoms with Gasteiger partial charge in [-0.3, -0.25) is 0 Å². The van der Waals surface area contributed by atoms with Crippen LogP contribution < -0.4 is 4.74 Å². The zero-order valence-corrected chi connectivity index (χ0v) is 13.5. The molecule has 0 bridgehead atoms. The van der Waals surface area contributed by atoms with Gasteiger partial charge in [-0.15, -0.1) is 0 Å². The molecule has 0 amide bonds. The summed E-state index contributed by atoms with van der Waals surface area (Å²) in [6, 6.07) is 11.5. The Morgan fingerprint density at radius 3 is 2.42 bits per heavy atom. The summed E-state index contributed by atoms with van der Waals surface area (Å²) in [6.45, 7) is 2.42. The van der Waals surface area contributed by atoms with Crippen LogP contribution in [0.25, 0.3) is 0 Å². The van der Waals surface area contributed by atoms with Crippen molar-refractivity contribution < 1.29 is 4.74 Å². The summed E-state index contributed by atoms with van der Waals surface area (Å²) in [4.78, 5) is 0. The topological polar surface area (TPSA) is 9.23 Å². The van der Waals surface area contributed by atoms with Crippen molar-refractivity contribution >= 4 is 39.1 Å². The van der Waals surface area contributed by atoms with Crippen molar-refractivity contribution in [2.45, 2.75) is 18.9 Å². The fourth-order valence-corrected chi connectivity index (χ4v) is 2.72. The van der Waals surface area contributed by atoms with Crippen molar-refractivity contribution in [2.24, 2.45) is 0 Å². The summed E-state index contributed by atoms with van der Waals surface area (Å²) < 4.78 is 5.83. The highest BCUT2D eigenvalue weighted by Crippen LogP contribution is 2.28. The fourth-order valence-electron chi connectivity index (χ4n) is 1.77. The van der Waals surface area contributed by atoms with Gasteiger partial charge in [0, 0.05) is 26.5 Å². The molecule has 0 atom stereocenters. The fraction of sp³-hybridized carbons (Fsp3) is 0.200. The van der Waals surface area contributed by atoms with Crippen LogP contribution in [-0.2, 0) is 11.9 Å². The van der Waals surface area contributed by atoms with E-state index in [-0.39, 0.29) is 0 Å². The molecule has 4 heteroatoms. The van der Waals surface area contributed by atoms with Crippen molar-refractivity contribution in [3.8, 4) is 5.75 Å². The molecule has 2 aromatic rings. The Morgan fingerprint density at radius 1 is 1.11 bits per heavy atom. The third-order valence-corrected chi connectivity index (χ3v) is 4.11. The number of hydrogen-bond donors (Lipinski definition) is 0. The molecule has 0 saturated heterocycles. The molecule has 0 radical (unpaired) electrons. The van der Waals surface area contributed by atoms with Crippen molar-refractivity contribution in [1.82, 2.24) is 0 Å². The second-order valence-corrected chi connectivity index (χ2v) is 5.61. The number of hydrogen-bond acceptors (Lipinski definition) is 1. The van der Waals surface area contributed by atoms with Crippen molar-refractivity contribution in [3.63, 3.8) is 0 Å². The van der Waals surface area contributed by atoms with E-state index in [2.05, 4.69) is 28.9 Å². The van der Waals surface area contributed by atoms with Gasteiger partial charge in [-0.25, -0.2) is 0 Å². The second kappa shape index (κ2) is 6.65. The van der Waals surface area contributed by atoms with E-state index in [9.17, 15) is 0 Å². The van der Waals surface area contributed by atoms with Crippen LogP contribution in [0.5, 0.6) is 5.75 Å². The van der Waals surface area contributed by atoms with E-state index in [0.717, 1.165) is 22.2 Å². The predicted octanol–water partition coefficient (Wildman–Crippen LogP) is 5.78. The van der Waals surface area contributed by atoms with Crippen LogP contribution in [-0.4, -0.2) is 0 Å². The summed E-state index contributed by atoms with van der Waals surface area (Å²) in [5, 5.41) is 2.00. The van der Waals surface area contributed by atoms with Gasteiger partial charge >= 0.3 is 0 Å². The molecule has 0 spiro atoms. The summed E-state index contributed by atoms with van der Waals surface area (Å²) >= 11 is 15.7. The van der Waals surface area contributed by atoms with Gasteiger partial charge < -0.3 is 4.74 Å². The SMILES string of the molecule is Cc1ccc(OCc2c(Cl)cccc2Cl)c(CBr)c1. The largest absolute Gasteiger partial charge is 0.488 e. The van der Waals surface area contributed by atoms with Gasteiger partial charge in [0.25, 0.3) is 0 Å². The van der Waals surface area contributed by atoms with Crippen LogP contribution in [0.1, 0.15) is 16.7 Å². The number of aryl methyl sites for hydroxylation is 1. The lowest BCUT2D eigenvalue weighted by Crippen LogP contribution is -1.99. The predicted molar refractivity (Wildman–Crippen MR) is 84.6 cm³/mol. The molecule has 0 aromatic heterocycles. The van der Waals surface area contributed by atoms with Crippen LogP contribution in [0.3, 0.4) is 0 Å². The number of alkyl halides is 1. The third kappa shape index (κ3) is 3.65. The van der Waals surface area contributed by atoms with E-state index in [0.29, 0.717) is 16.7 Å². The monoisotopic (exact) mass is 358 g/mol. The first-order valence-corrected chi connectivity index (χ1v) is 7.70. The van der Waals surface area contributed by atoms with E-state index in [1.165, 1.54) is 5.56 Å². The Bertz CT molecular complexity index is 564. The van der Waals surface area contributed by atoms with Gasteiger partial charge in [0.2, 0.25) is 0 Å². The van der Waals surface area contributed by atoms with Crippen LogP contribution in [0.4, 0.5) is 0 Å². The number of benzene rings is 2. The molecule has 0 aliphatic rings. The first-order chi connectivity index (χ1) is 9.11. The zero-order chi connectivity index (χ0) is 13.8. The van der Waals surface area contributed by atoms with E-state index in [1.54, 1.807) is 0 Å². The van der Waals surface area contributed by atoms with E-state index in [4.69, 9.17) is 27.9 Å². The molecular weight excluding hydrogens is 347 g/mol. The first-order valence-electron chi connectivity index (χ1n) is 5.83. The Balaban J connectivity index is 2.19. The molecule has 100 valence electrons. The quantitative estimate of drug-likeness (QED) is 0.629. The molecule has 0 aliphatic carbocycles. The standard InChI is InChI=1S/C15H13BrCl2O/c1-10-5-6-15(11(7-10)8-16)19-9-12-13(17)3-2-4-14(12)18/h2-7H,8-9H2,1H3. The zero-order valence-electron chi connectivity index (χ0n) is 10.4. The maximum Gasteiger partial charge on any atom is 0.123 e. The summed E-state index contributed by atoms with van der Waals surface area (Å²) in [5.41, 5.74) is 3.13. The highest BCUT2D eigenvalue weighted by molar-refractivity contribution is 9.08. The lowest BCUT2D eigenvalue weighted by molar-refractivity contribution is 0.304. The van der Waals surface area contributed by atoms with Gasteiger partial charge in [0.05, 0.1) is 0 Å². The number of rotatable bonds is 4. The third-order valence-electron chi connectivity index (χ3n) is 2.79. The maximum atomic E-state index is 6.12. The molecule has 0 N–H and O–H groups in total. The van der Waals surface area contributed by atoms with Gasteiger partial charge in [0.1, 0.15) is 12.4 Å². The maximum absolute atomic E-state index is 6.12. The summed E-state index contributed by atoms with van der Waals surface area (Å²) in [7, 11) is 0. The van der Waals surface area contributed by atoms with Crippen molar-refractivity contribution in [3.05, 3.63) is 63.1 Å². The Morgan fingerprint density at radius 2 is 1.79 bits per heavy atom. The van der Waals surface area contributed by atoms with E-state index in [1.807, 2.05) is 30.3 Å². The lowest BCUT2D eigenvalue weighted by Gasteiger charge is -2.12. The molecule has 19 heavy (non-hydrogen) atoms. The first kappa shape index (κ1) is 14.7. The van der Waals surface area contributed by atoms with Crippen LogP contribution in [0.15, 0.2) is 36.4 Å². The minimum Gasteiger partial charge on any atom is -0.488 e. The van der Waals surface area contributed by atoms with Gasteiger partial charge in [-0.05, 0) is 25.1 Å². The van der Waals surface area contributed by atoms with Crippen LogP contribution in [0, 0.1) is 6.92 Å². The molecule has 0 heterocycles. The Hall–Kier alpha value is -0.700. The summed E-state index contributed by atoms with van der Waals surface area (Å²) in [6.07, 6.45) is 0. The van der Waals surface area contributed by atoms with Crippen molar-refractivity contribution in [2.75, 3.05) is 0 Å². The molecule has 1 nitrogen and oxygen atoms in total. The second-order valence-electron chi connectivity index (χ2n) is 4.23. The lowest BCUT2D eigenvalue weighted by atomic mass is 10.1. The van der Waals surface area contributed by atoms with E-state index < -0.39 is 0 Å². The molecule has 0 saturated carbocycles.